The highest BCUT2D eigenvalue weighted by molar-refractivity contribution is 7.93. The summed E-state index contributed by atoms with van der Waals surface area (Å²) in [7, 11) is -4.09. The molecule has 0 saturated heterocycles. The molecule has 9 heteroatoms. The lowest BCUT2D eigenvalue weighted by molar-refractivity contribution is 0.338. The number of benzene rings is 1. The number of sulfonamides is 1. The molecule has 0 atom stereocenters. The van der Waals surface area contributed by atoms with E-state index in [4.69, 9.17) is 4.42 Å². The SMILES string of the molecule is Cc1ccc(NS(=O)(=O)c2c(C)[nH]c(C)c2-c2nnc(C3CCC3)o2)c(F)c1. The quantitative estimate of drug-likeness (QED) is 0.664. The third-order valence-electron chi connectivity index (χ3n) is 5.06. The van der Waals surface area contributed by atoms with Crippen molar-refractivity contribution in [2.75, 3.05) is 4.72 Å². The van der Waals surface area contributed by atoms with Crippen LogP contribution in [0.25, 0.3) is 11.5 Å². The normalized spacial score (nSPS) is 14.9. The van der Waals surface area contributed by atoms with Crippen LogP contribution in [0.4, 0.5) is 10.1 Å². The van der Waals surface area contributed by atoms with E-state index >= 15 is 0 Å². The van der Waals surface area contributed by atoms with Gasteiger partial charge in [-0.15, -0.1) is 10.2 Å². The van der Waals surface area contributed by atoms with E-state index in [1.165, 1.54) is 12.1 Å². The molecule has 1 fully saturated rings. The number of halogens is 1. The van der Waals surface area contributed by atoms with Crippen molar-refractivity contribution in [3.05, 3.63) is 46.9 Å². The minimum absolute atomic E-state index is 0.0196. The van der Waals surface area contributed by atoms with Crippen LogP contribution >= 0.6 is 0 Å². The number of aromatic amines is 1. The number of hydrogen-bond acceptors (Lipinski definition) is 5. The average molecular weight is 404 g/mol. The van der Waals surface area contributed by atoms with Gasteiger partial charge in [0.2, 0.25) is 5.89 Å². The maximum atomic E-state index is 14.2. The van der Waals surface area contributed by atoms with E-state index in [0.717, 1.165) is 19.3 Å². The number of rotatable bonds is 5. The van der Waals surface area contributed by atoms with Crippen molar-refractivity contribution in [1.82, 2.24) is 15.2 Å². The number of H-pyrrole nitrogens is 1. The van der Waals surface area contributed by atoms with Crippen molar-refractivity contribution in [1.29, 1.82) is 0 Å². The van der Waals surface area contributed by atoms with Crippen molar-refractivity contribution in [3.63, 3.8) is 0 Å². The second kappa shape index (κ2) is 6.73. The molecule has 0 radical (unpaired) electrons. The van der Waals surface area contributed by atoms with E-state index in [-0.39, 0.29) is 22.4 Å². The Morgan fingerprint density at radius 3 is 2.57 bits per heavy atom. The maximum Gasteiger partial charge on any atom is 0.264 e. The fraction of sp³-hybridized carbons (Fsp3) is 0.368. The van der Waals surface area contributed by atoms with Crippen LogP contribution in [0.15, 0.2) is 27.5 Å². The van der Waals surface area contributed by atoms with Crippen LogP contribution < -0.4 is 4.72 Å². The van der Waals surface area contributed by atoms with Gasteiger partial charge in [-0.05, 0) is 51.3 Å². The monoisotopic (exact) mass is 404 g/mol. The van der Waals surface area contributed by atoms with Crippen LogP contribution in [0, 0.1) is 26.6 Å². The van der Waals surface area contributed by atoms with Gasteiger partial charge in [-0.2, -0.15) is 0 Å². The van der Waals surface area contributed by atoms with E-state index in [1.807, 2.05) is 0 Å². The van der Waals surface area contributed by atoms with Gasteiger partial charge in [-0.3, -0.25) is 4.72 Å². The minimum atomic E-state index is -4.09. The predicted molar refractivity (Wildman–Crippen MR) is 102 cm³/mol. The first-order valence-electron chi connectivity index (χ1n) is 9.08. The summed E-state index contributed by atoms with van der Waals surface area (Å²) in [6, 6.07) is 4.31. The summed E-state index contributed by atoms with van der Waals surface area (Å²) in [4.78, 5) is 3.00. The Kier molecular flexibility index (Phi) is 4.49. The highest BCUT2D eigenvalue weighted by atomic mass is 32.2. The van der Waals surface area contributed by atoms with E-state index < -0.39 is 15.8 Å². The third kappa shape index (κ3) is 3.19. The van der Waals surface area contributed by atoms with Gasteiger partial charge in [0.1, 0.15) is 10.7 Å². The van der Waals surface area contributed by atoms with Gasteiger partial charge in [0.05, 0.1) is 11.3 Å². The zero-order valence-electron chi connectivity index (χ0n) is 15.8. The molecule has 0 aliphatic heterocycles. The predicted octanol–water partition coefficient (Wildman–Crippen LogP) is 4.20. The first-order valence-corrected chi connectivity index (χ1v) is 10.6. The number of nitrogens with zero attached hydrogens (tertiary/aromatic N) is 2. The number of aromatic nitrogens is 3. The number of anilines is 1. The molecule has 0 unspecified atom stereocenters. The summed E-state index contributed by atoms with van der Waals surface area (Å²) < 4.78 is 48.5. The van der Waals surface area contributed by atoms with Gasteiger partial charge >= 0.3 is 0 Å². The van der Waals surface area contributed by atoms with Crippen LogP contribution in [0.3, 0.4) is 0 Å². The van der Waals surface area contributed by atoms with E-state index in [0.29, 0.717) is 28.4 Å². The van der Waals surface area contributed by atoms with Crippen LogP contribution in [-0.4, -0.2) is 23.6 Å². The summed E-state index contributed by atoms with van der Waals surface area (Å²) >= 11 is 0. The molecular weight excluding hydrogens is 383 g/mol. The minimum Gasteiger partial charge on any atom is -0.420 e. The van der Waals surface area contributed by atoms with Crippen molar-refractivity contribution in [2.24, 2.45) is 0 Å². The van der Waals surface area contributed by atoms with Gasteiger partial charge in [0.15, 0.2) is 0 Å². The molecule has 1 aliphatic carbocycles. The standard InChI is InChI=1S/C19H21FN4O3S/c1-10-7-8-15(14(20)9-10)24-28(25,26)17-12(3)21-11(2)16(17)19-23-22-18(27-19)13-5-4-6-13/h7-9,13,21,24H,4-6H2,1-3H3. The first kappa shape index (κ1) is 18.7. The van der Waals surface area contributed by atoms with Gasteiger partial charge in [0, 0.05) is 17.3 Å². The number of hydrogen-bond donors (Lipinski definition) is 2. The van der Waals surface area contributed by atoms with Crippen LogP contribution in [0.1, 0.15) is 48.0 Å². The van der Waals surface area contributed by atoms with Crippen molar-refractivity contribution in [3.8, 4) is 11.5 Å². The molecule has 2 aromatic heterocycles. The molecule has 4 rings (SSSR count). The lowest BCUT2D eigenvalue weighted by Crippen LogP contribution is -2.15. The van der Waals surface area contributed by atoms with Crippen LogP contribution in [0.5, 0.6) is 0 Å². The molecule has 1 saturated carbocycles. The summed E-state index contributed by atoms with van der Waals surface area (Å²) in [6.07, 6.45) is 3.11. The summed E-state index contributed by atoms with van der Waals surface area (Å²) in [6.45, 7) is 5.11. The molecule has 2 N–H and O–H groups in total. The fourth-order valence-corrected chi connectivity index (χ4v) is 4.93. The highest BCUT2D eigenvalue weighted by Gasteiger charge is 2.31. The number of nitrogens with one attached hydrogen (secondary N) is 2. The second-order valence-electron chi connectivity index (χ2n) is 7.24. The highest BCUT2D eigenvalue weighted by Crippen LogP contribution is 2.39. The van der Waals surface area contributed by atoms with Gasteiger partial charge < -0.3 is 9.40 Å². The molecule has 0 spiro atoms. The van der Waals surface area contributed by atoms with Crippen LogP contribution in [-0.2, 0) is 10.0 Å². The largest absolute Gasteiger partial charge is 0.420 e. The molecule has 0 amide bonds. The summed E-state index contributed by atoms with van der Waals surface area (Å²) in [5.41, 5.74) is 1.90. The average Bonchev–Trinajstić information content (AvgIpc) is 3.12. The van der Waals surface area contributed by atoms with Gasteiger partial charge in [-0.1, -0.05) is 12.5 Å². The van der Waals surface area contributed by atoms with Gasteiger partial charge in [-0.25, -0.2) is 12.8 Å². The molecule has 28 heavy (non-hydrogen) atoms. The lowest BCUT2D eigenvalue weighted by atomic mass is 9.85. The van der Waals surface area contributed by atoms with Crippen molar-refractivity contribution in [2.45, 2.75) is 50.8 Å². The zero-order chi connectivity index (χ0) is 20.1. The molecule has 0 bridgehead atoms. The molecule has 1 aromatic carbocycles. The van der Waals surface area contributed by atoms with Crippen molar-refractivity contribution >= 4 is 15.7 Å². The second-order valence-corrected chi connectivity index (χ2v) is 8.86. The van der Waals surface area contributed by atoms with Crippen LogP contribution in [0.2, 0.25) is 0 Å². The Bertz CT molecular complexity index is 1150. The summed E-state index contributed by atoms with van der Waals surface area (Å²) in [5.74, 6) is 0.274. The molecular formula is C19H21FN4O3S. The van der Waals surface area contributed by atoms with Crippen molar-refractivity contribution < 1.29 is 17.2 Å². The zero-order valence-corrected chi connectivity index (χ0v) is 16.7. The Morgan fingerprint density at radius 2 is 1.93 bits per heavy atom. The maximum absolute atomic E-state index is 14.2. The first-order chi connectivity index (χ1) is 13.3. The molecule has 7 nitrogen and oxygen atoms in total. The summed E-state index contributed by atoms with van der Waals surface area (Å²) in [5, 5.41) is 8.16. The Morgan fingerprint density at radius 1 is 1.18 bits per heavy atom. The third-order valence-corrected chi connectivity index (χ3v) is 6.60. The van der Waals surface area contributed by atoms with E-state index in [2.05, 4.69) is 19.9 Å². The Balaban J connectivity index is 1.76. The number of aryl methyl sites for hydroxylation is 3. The molecule has 148 valence electrons. The Hall–Kier alpha value is -2.68. The van der Waals surface area contributed by atoms with E-state index in [9.17, 15) is 12.8 Å². The smallest absolute Gasteiger partial charge is 0.264 e. The fourth-order valence-electron chi connectivity index (χ4n) is 3.41. The Labute approximate surface area is 162 Å². The molecule has 2 heterocycles. The van der Waals surface area contributed by atoms with E-state index in [1.54, 1.807) is 26.8 Å². The lowest BCUT2D eigenvalue weighted by Gasteiger charge is -2.20. The topological polar surface area (TPSA) is 101 Å². The van der Waals surface area contributed by atoms with Gasteiger partial charge in [0.25, 0.3) is 15.9 Å². The molecule has 3 aromatic rings. The molecule has 1 aliphatic rings.